The molecule has 0 aliphatic carbocycles. The van der Waals surface area contributed by atoms with Gasteiger partial charge < -0.3 is 15.4 Å². The van der Waals surface area contributed by atoms with Crippen LogP contribution in [0.2, 0.25) is 0 Å². The summed E-state index contributed by atoms with van der Waals surface area (Å²) in [6.07, 6.45) is 2.38. The van der Waals surface area contributed by atoms with E-state index in [9.17, 15) is 4.79 Å². The number of nitrogens with one attached hydrogen (secondary N) is 2. The van der Waals surface area contributed by atoms with Crippen LogP contribution in [0.1, 0.15) is 43.1 Å². The minimum atomic E-state index is -0.120. The second-order valence-electron chi connectivity index (χ2n) is 6.95. The van der Waals surface area contributed by atoms with Crippen LogP contribution in [-0.2, 0) is 10.2 Å². The van der Waals surface area contributed by atoms with Gasteiger partial charge in [-0.1, -0.05) is 39.0 Å². The molecule has 2 rings (SSSR count). The number of para-hydroxylation sites is 1. The van der Waals surface area contributed by atoms with E-state index in [1.54, 1.807) is 19.4 Å². The number of methoxy groups -OCH3 is 1. The predicted molar refractivity (Wildman–Crippen MR) is 101 cm³/mol. The zero-order valence-corrected chi connectivity index (χ0v) is 15.4. The predicted octanol–water partition coefficient (Wildman–Crippen LogP) is 3.89. The summed E-state index contributed by atoms with van der Waals surface area (Å²) in [5.74, 6) is 0.595. The number of hydrogen-bond acceptors (Lipinski definition) is 4. The number of carbonyl (C=O) groups excluding carboxylic acids is 1. The molecule has 0 saturated heterocycles. The van der Waals surface area contributed by atoms with Crippen molar-refractivity contribution in [3.05, 3.63) is 53.7 Å². The van der Waals surface area contributed by atoms with Crippen LogP contribution in [0.3, 0.4) is 0 Å². The average molecular weight is 341 g/mol. The highest BCUT2D eigenvalue weighted by atomic mass is 16.5. The average Bonchev–Trinajstić information content (AvgIpc) is 2.59. The van der Waals surface area contributed by atoms with Crippen molar-refractivity contribution in [2.75, 3.05) is 25.6 Å². The molecule has 5 heteroatoms. The Bertz CT molecular complexity index is 691. The molecule has 2 aromatic rings. The van der Waals surface area contributed by atoms with E-state index in [1.165, 1.54) is 5.56 Å². The summed E-state index contributed by atoms with van der Waals surface area (Å²) in [5.41, 5.74) is 2.83. The maximum absolute atomic E-state index is 12.1. The molecule has 0 aliphatic rings. The molecule has 1 amide bonds. The molecule has 0 atom stereocenters. The quantitative estimate of drug-likeness (QED) is 0.750. The molecule has 0 fully saturated rings. The van der Waals surface area contributed by atoms with Gasteiger partial charge in [-0.15, -0.1) is 0 Å². The topological polar surface area (TPSA) is 63.2 Å². The summed E-state index contributed by atoms with van der Waals surface area (Å²) in [7, 11) is 1.65. The number of nitrogens with zero attached hydrogens (tertiary/aromatic N) is 1. The number of aromatic nitrogens is 1. The molecular weight excluding hydrogens is 314 g/mol. The molecule has 0 saturated carbocycles. The Hall–Kier alpha value is -2.40. The lowest BCUT2D eigenvalue weighted by Gasteiger charge is -2.23. The highest BCUT2D eigenvalue weighted by Gasteiger charge is 2.17. The highest BCUT2D eigenvalue weighted by molar-refractivity contribution is 5.94. The normalized spacial score (nSPS) is 11.2. The lowest BCUT2D eigenvalue weighted by atomic mass is 9.86. The zero-order chi connectivity index (χ0) is 18.3. The maximum Gasteiger partial charge on any atom is 0.252 e. The minimum Gasteiger partial charge on any atom is -0.385 e. The van der Waals surface area contributed by atoms with Gasteiger partial charge in [-0.05, 0) is 35.6 Å². The number of hydrogen-bond donors (Lipinski definition) is 2. The summed E-state index contributed by atoms with van der Waals surface area (Å²) in [4.78, 5) is 16.4. The van der Waals surface area contributed by atoms with E-state index in [1.807, 2.05) is 24.3 Å². The molecule has 1 aromatic heterocycles. The Morgan fingerprint density at radius 3 is 2.56 bits per heavy atom. The van der Waals surface area contributed by atoms with Crippen LogP contribution in [0.25, 0.3) is 0 Å². The van der Waals surface area contributed by atoms with Gasteiger partial charge in [-0.3, -0.25) is 4.79 Å². The largest absolute Gasteiger partial charge is 0.385 e. The van der Waals surface area contributed by atoms with Crippen molar-refractivity contribution < 1.29 is 9.53 Å². The molecule has 2 N–H and O–H groups in total. The van der Waals surface area contributed by atoms with Crippen LogP contribution < -0.4 is 10.6 Å². The summed E-state index contributed by atoms with van der Waals surface area (Å²) >= 11 is 0. The Morgan fingerprint density at radius 2 is 1.92 bits per heavy atom. The molecule has 0 spiro atoms. The lowest BCUT2D eigenvalue weighted by molar-refractivity contribution is 0.0948. The monoisotopic (exact) mass is 341 g/mol. The molecule has 25 heavy (non-hydrogen) atoms. The standard InChI is InChI=1S/C20H27N3O2/c1-20(2,3)16-8-5-6-9-17(16)23-18-11-10-15(14-22-18)19(24)21-12-7-13-25-4/h5-6,8-11,14H,7,12-13H2,1-4H3,(H,21,24)(H,22,23). The smallest absolute Gasteiger partial charge is 0.252 e. The maximum atomic E-state index is 12.1. The molecule has 0 bridgehead atoms. The van der Waals surface area contributed by atoms with Crippen molar-refractivity contribution in [1.29, 1.82) is 0 Å². The van der Waals surface area contributed by atoms with Crippen LogP contribution in [0.15, 0.2) is 42.6 Å². The SMILES string of the molecule is COCCCNC(=O)c1ccc(Nc2ccccc2C(C)(C)C)nc1. The first-order valence-electron chi connectivity index (χ1n) is 8.51. The van der Waals surface area contributed by atoms with E-state index in [0.29, 0.717) is 24.5 Å². The van der Waals surface area contributed by atoms with Crippen LogP contribution in [0.4, 0.5) is 11.5 Å². The van der Waals surface area contributed by atoms with Crippen LogP contribution >= 0.6 is 0 Å². The number of pyridine rings is 1. The van der Waals surface area contributed by atoms with Crippen LogP contribution in [0.5, 0.6) is 0 Å². The molecule has 134 valence electrons. The van der Waals surface area contributed by atoms with Gasteiger partial charge in [0.25, 0.3) is 5.91 Å². The van der Waals surface area contributed by atoms with E-state index >= 15 is 0 Å². The van der Waals surface area contributed by atoms with Crippen LogP contribution in [-0.4, -0.2) is 31.2 Å². The van der Waals surface area contributed by atoms with Crippen molar-refractivity contribution in [2.45, 2.75) is 32.6 Å². The molecule has 0 aliphatic heterocycles. The lowest BCUT2D eigenvalue weighted by Crippen LogP contribution is -2.25. The van der Waals surface area contributed by atoms with Gasteiger partial charge in [-0.25, -0.2) is 4.98 Å². The molecule has 5 nitrogen and oxygen atoms in total. The molecule has 0 unspecified atom stereocenters. The van der Waals surface area contributed by atoms with Gasteiger partial charge in [0.05, 0.1) is 5.56 Å². The van der Waals surface area contributed by atoms with Crippen LogP contribution in [0, 0.1) is 0 Å². The number of ether oxygens (including phenoxy) is 1. The molecule has 0 radical (unpaired) electrons. The number of rotatable bonds is 7. The van der Waals surface area contributed by atoms with Crippen molar-refractivity contribution >= 4 is 17.4 Å². The Balaban J connectivity index is 2.03. The van der Waals surface area contributed by atoms with Crippen molar-refractivity contribution in [3.8, 4) is 0 Å². The number of carbonyl (C=O) groups is 1. The van der Waals surface area contributed by atoms with E-state index in [4.69, 9.17) is 4.74 Å². The molecule has 1 aromatic carbocycles. The number of amides is 1. The summed E-state index contributed by atoms with van der Waals surface area (Å²) in [6.45, 7) is 7.76. The molecular formula is C20H27N3O2. The van der Waals surface area contributed by atoms with Gasteiger partial charge in [0.2, 0.25) is 0 Å². The highest BCUT2D eigenvalue weighted by Crippen LogP contribution is 2.30. The zero-order valence-electron chi connectivity index (χ0n) is 15.4. The second-order valence-corrected chi connectivity index (χ2v) is 6.95. The van der Waals surface area contributed by atoms with Gasteiger partial charge in [0.1, 0.15) is 5.82 Å². The van der Waals surface area contributed by atoms with Gasteiger partial charge in [-0.2, -0.15) is 0 Å². The number of anilines is 2. The van der Waals surface area contributed by atoms with Gasteiger partial charge in [0.15, 0.2) is 0 Å². The third kappa shape index (κ3) is 5.57. The Morgan fingerprint density at radius 1 is 1.16 bits per heavy atom. The summed E-state index contributed by atoms with van der Waals surface area (Å²) in [6, 6.07) is 11.8. The first-order chi connectivity index (χ1) is 11.9. The third-order valence-electron chi connectivity index (χ3n) is 3.83. The van der Waals surface area contributed by atoms with Crippen molar-refractivity contribution in [2.24, 2.45) is 0 Å². The first kappa shape index (κ1) is 18.9. The van der Waals surface area contributed by atoms with Gasteiger partial charge >= 0.3 is 0 Å². The fraction of sp³-hybridized carbons (Fsp3) is 0.400. The minimum absolute atomic E-state index is 0.0334. The third-order valence-corrected chi connectivity index (χ3v) is 3.83. The Labute approximate surface area is 149 Å². The summed E-state index contributed by atoms with van der Waals surface area (Å²) < 4.78 is 4.96. The fourth-order valence-corrected chi connectivity index (χ4v) is 2.51. The van der Waals surface area contributed by atoms with E-state index in [0.717, 1.165) is 12.1 Å². The fourth-order valence-electron chi connectivity index (χ4n) is 2.51. The van der Waals surface area contributed by atoms with Crippen molar-refractivity contribution in [3.63, 3.8) is 0 Å². The Kier molecular flexibility index (Phi) is 6.53. The summed E-state index contributed by atoms with van der Waals surface area (Å²) in [5, 5.41) is 6.20. The number of benzene rings is 1. The van der Waals surface area contributed by atoms with E-state index < -0.39 is 0 Å². The van der Waals surface area contributed by atoms with Crippen molar-refractivity contribution in [1.82, 2.24) is 10.3 Å². The molecule has 1 heterocycles. The van der Waals surface area contributed by atoms with Gasteiger partial charge in [0, 0.05) is 32.1 Å². The second kappa shape index (κ2) is 8.62. The first-order valence-corrected chi connectivity index (χ1v) is 8.51. The van der Waals surface area contributed by atoms with E-state index in [2.05, 4.69) is 42.5 Å². The van der Waals surface area contributed by atoms with E-state index in [-0.39, 0.29) is 11.3 Å².